The van der Waals surface area contributed by atoms with Gasteiger partial charge < -0.3 is 15.2 Å². The molecule has 1 rings (SSSR count). The molecule has 20 heavy (non-hydrogen) atoms. The Labute approximate surface area is 118 Å². The Morgan fingerprint density at radius 2 is 1.95 bits per heavy atom. The average molecular weight is 307 g/mol. The molecule has 0 radical (unpaired) electrons. The van der Waals surface area contributed by atoms with Crippen LogP contribution in [0.1, 0.15) is 27.2 Å². The highest BCUT2D eigenvalue weighted by Gasteiger charge is 2.37. The molecule has 8 heteroatoms. The SMILES string of the molecule is CC(C)(C)OC(=O)NC[C@@H]1CCS(=O)(=O)C[C@H]1C(=O)O. The quantitative estimate of drug-likeness (QED) is 0.792. The van der Waals surface area contributed by atoms with Crippen molar-refractivity contribution in [1.29, 1.82) is 0 Å². The normalized spacial score (nSPS) is 25.8. The lowest BCUT2D eigenvalue weighted by atomic mass is 9.91. The first kappa shape index (κ1) is 16.7. The number of hydrogen-bond donors (Lipinski definition) is 2. The Morgan fingerprint density at radius 1 is 1.35 bits per heavy atom. The number of ether oxygens (including phenoxy) is 1. The summed E-state index contributed by atoms with van der Waals surface area (Å²) in [6.45, 7) is 5.26. The summed E-state index contributed by atoms with van der Waals surface area (Å²) in [7, 11) is -3.30. The number of carbonyl (C=O) groups is 2. The maximum Gasteiger partial charge on any atom is 0.407 e. The number of hydrogen-bond acceptors (Lipinski definition) is 5. The van der Waals surface area contributed by atoms with E-state index < -0.39 is 39.3 Å². The number of aliphatic carboxylic acids is 1. The van der Waals surface area contributed by atoms with Crippen molar-refractivity contribution in [3.8, 4) is 0 Å². The van der Waals surface area contributed by atoms with Gasteiger partial charge in [0.15, 0.2) is 9.84 Å². The minimum Gasteiger partial charge on any atom is -0.481 e. The number of nitrogens with one attached hydrogen (secondary N) is 1. The third kappa shape index (κ3) is 5.36. The monoisotopic (exact) mass is 307 g/mol. The molecule has 1 amide bonds. The lowest BCUT2D eigenvalue weighted by molar-refractivity contribution is -0.143. The van der Waals surface area contributed by atoms with Gasteiger partial charge in [0, 0.05) is 6.54 Å². The molecule has 0 aliphatic carbocycles. The van der Waals surface area contributed by atoms with Crippen LogP contribution in [0.4, 0.5) is 4.79 Å². The van der Waals surface area contributed by atoms with Crippen molar-refractivity contribution in [2.45, 2.75) is 32.8 Å². The second-order valence-electron chi connectivity index (χ2n) is 5.99. The zero-order valence-electron chi connectivity index (χ0n) is 11.9. The topological polar surface area (TPSA) is 110 Å². The van der Waals surface area contributed by atoms with Crippen molar-refractivity contribution < 1.29 is 27.9 Å². The summed E-state index contributed by atoms with van der Waals surface area (Å²) < 4.78 is 28.0. The van der Waals surface area contributed by atoms with Crippen LogP contribution in [0.15, 0.2) is 0 Å². The van der Waals surface area contributed by atoms with Crippen LogP contribution in [0.25, 0.3) is 0 Å². The molecule has 0 unspecified atom stereocenters. The van der Waals surface area contributed by atoms with Gasteiger partial charge in [-0.2, -0.15) is 0 Å². The molecule has 0 spiro atoms. The standard InChI is InChI=1S/C12H21NO6S/c1-12(2,3)19-11(16)13-6-8-4-5-20(17,18)7-9(8)10(14)15/h8-9H,4-7H2,1-3H3,(H,13,16)(H,14,15)/t8-,9+/m0/s1. The van der Waals surface area contributed by atoms with Crippen molar-refractivity contribution in [2.24, 2.45) is 11.8 Å². The van der Waals surface area contributed by atoms with Crippen molar-refractivity contribution in [3.63, 3.8) is 0 Å². The first-order valence-electron chi connectivity index (χ1n) is 6.40. The van der Waals surface area contributed by atoms with E-state index in [0.29, 0.717) is 0 Å². The number of amides is 1. The van der Waals surface area contributed by atoms with Crippen LogP contribution < -0.4 is 5.32 Å². The highest BCUT2D eigenvalue weighted by molar-refractivity contribution is 7.91. The summed E-state index contributed by atoms with van der Waals surface area (Å²) in [6, 6.07) is 0. The van der Waals surface area contributed by atoms with Crippen molar-refractivity contribution in [2.75, 3.05) is 18.1 Å². The van der Waals surface area contributed by atoms with Crippen LogP contribution in [-0.2, 0) is 19.4 Å². The van der Waals surface area contributed by atoms with Gasteiger partial charge in [-0.1, -0.05) is 0 Å². The first-order chi connectivity index (χ1) is 9.00. The Hall–Kier alpha value is -1.31. The van der Waals surface area contributed by atoms with Crippen LogP contribution in [0.3, 0.4) is 0 Å². The predicted molar refractivity (Wildman–Crippen MR) is 72.1 cm³/mol. The van der Waals surface area contributed by atoms with Gasteiger partial charge in [0.1, 0.15) is 5.60 Å². The molecule has 7 nitrogen and oxygen atoms in total. The number of alkyl carbamates (subject to hydrolysis) is 1. The van der Waals surface area contributed by atoms with E-state index in [1.165, 1.54) is 0 Å². The Bertz CT molecular complexity index is 479. The molecular weight excluding hydrogens is 286 g/mol. The molecule has 1 aliphatic rings. The molecule has 0 aromatic heterocycles. The lowest BCUT2D eigenvalue weighted by Crippen LogP contribution is -2.44. The van der Waals surface area contributed by atoms with Crippen molar-refractivity contribution in [1.82, 2.24) is 5.32 Å². The highest BCUT2D eigenvalue weighted by atomic mass is 32.2. The molecule has 0 aromatic carbocycles. The van der Waals surface area contributed by atoms with Crippen LogP contribution in [0.2, 0.25) is 0 Å². The summed E-state index contributed by atoms with van der Waals surface area (Å²) >= 11 is 0. The largest absolute Gasteiger partial charge is 0.481 e. The zero-order valence-corrected chi connectivity index (χ0v) is 12.7. The van der Waals surface area contributed by atoms with E-state index in [0.717, 1.165) is 0 Å². The number of carboxylic acid groups (broad SMARTS) is 1. The number of rotatable bonds is 3. The summed E-state index contributed by atoms with van der Waals surface area (Å²) in [4.78, 5) is 22.6. The molecule has 2 N–H and O–H groups in total. The minimum absolute atomic E-state index is 0.0442. The third-order valence-corrected chi connectivity index (χ3v) is 4.75. The molecule has 116 valence electrons. The van der Waals surface area contributed by atoms with Gasteiger partial charge in [0.05, 0.1) is 17.4 Å². The second kappa shape index (κ2) is 5.99. The van der Waals surface area contributed by atoms with E-state index in [-0.39, 0.29) is 24.5 Å². The summed E-state index contributed by atoms with van der Waals surface area (Å²) in [6.07, 6.45) is -0.398. The van der Waals surface area contributed by atoms with Crippen LogP contribution in [0.5, 0.6) is 0 Å². The number of sulfone groups is 1. The van der Waals surface area contributed by atoms with Gasteiger partial charge >= 0.3 is 12.1 Å². The first-order valence-corrected chi connectivity index (χ1v) is 8.22. The van der Waals surface area contributed by atoms with E-state index in [9.17, 15) is 18.0 Å². The van der Waals surface area contributed by atoms with E-state index in [1.807, 2.05) is 0 Å². The Morgan fingerprint density at radius 3 is 2.45 bits per heavy atom. The average Bonchev–Trinajstić information content (AvgIpc) is 2.24. The Balaban J connectivity index is 2.58. The van der Waals surface area contributed by atoms with E-state index >= 15 is 0 Å². The fourth-order valence-corrected chi connectivity index (χ4v) is 3.86. The molecule has 0 aromatic rings. The van der Waals surface area contributed by atoms with E-state index in [2.05, 4.69) is 5.32 Å². The van der Waals surface area contributed by atoms with Crippen LogP contribution in [0, 0.1) is 11.8 Å². The van der Waals surface area contributed by atoms with Crippen LogP contribution >= 0.6 is 0 Å². The van der Waals surface area contributed by atoms with Gasteiger partial charge in [-0.15, -0.1) is 0 Å². The van der Waals surface area contributed by atoms with E-state index in [1.54, 1.807) is 20.8 Å². The molecule has 1 aliphatic heterocycles. The fourth-order valence-electron chi connectivity index (χ4n) is 2.07. The van der Waals surface area contributed by atoms with Crippen molar-refractivity contribution in [3.05, 3.63) is 0 Å². The maximum absolute atomic E-state index is 11.5. The third-order valence-electron chi connectivity index (χ3n) is 3.03. The van der Waals surface area contributed by atoms with Gasteiger partial charge in [-0.3, -0.25) is 4.79 Å². The molecule has 1 saturated heterocycles. The number of carbonyl (C=O) groups excluding carboxylic acids is 1. The molecule has 1 fully saturated rings. The minimum atomic E-state index is -3.30. The lowest BCUT2D eigenvalue weighted by Gasteiger charge is -2.29. The second-order valence-corrected chi connectivity index (χ2v) is 8.22. The zero-order chi connectivity index (χ0) is 15.6. The predicted octanol–water partition coefficient (Wildman–Crippen LogP) is 0.647. The van der Waals surface area contributed by atoms with Gasteiger partial charge in [0.25, 0.3) is 0 Å². The molecule has 0 saturated carbocycles. The summed E-state index contributed by atoms with van der Waals surface area (Å²) in [5.74, 6) is -2.95. The summed E-state index contributed by atoms with van der Waals surface area (Å²) in [5.41, 5.74) is -0.633. The van der Waals surface area contributed by atoms with Gasteiger partial charge in [0.2, 0.25) is 0 Å². The maximum atomic E-state index is 11.5. The van der Waals surface area contributed by atoms with Gasteiger partial charge in [-0.25, -0.2) is 13.2 Å². The fraction of sp³-hybridized carbons (Fsp3) is 0.833. The molecule has 2 atom stereocenters. The molecule has 0 bridgehead atoms. The van der Waals surface area contributed by atoms with Gasteiger partial charge in [-0.05, 0) is 33.1 Å². The summed E-state index contributed by atoms with van der Waals surface area (Å²) in [5, 5.41) is 11.6. The number of carboxylic acids is 1. The smallest absolute Gasteiger partial charge is 0.407 e. The van der Waals surface area contributed by atoms with E-state index in [4.69, 9.17) is 9.84 Å². The van der Waals surface area contributed by atoms with Crippen molar-refractivity contribution >= 4 is 21.9 Å². The van der Waals surface area contributed by atoms with Crippen LogP contribution in [-0.4, -0.2) is 49.2 Å². The highest BCUT2D eigenvalue weighted by Crippen LogP contribution is 2.25. The molecule has 1 heterocycles. The Kier molecular flexibility index (Phi) is 5.01. The molecular formula is C12H21NO6S.